The lowest BCUT2D eigenvalue weighted by Crippen LogP contribution is -2.05. The molecule has 0 radical (unpaired) electrons. The van der Waals surface area contributed by atoms with E-state index in [0.717, 1.165) is 10.0 Å². The van der Waals surface area contributed by atoms with Gasteiger partial charge >= 0.3 is 5.97 Å². The lowest BCUT2D eigenvalue weighted by molar-refractivity contribution is 0.0597. The van der Waals surface area contributed by atoms with Gasteiger partial charge in [-0.1, -0.05) is 22.0 Å². The minimum atomic E-state index is -0.476. The second kappa shape index (κ2) is 5.84. The van der Waals surface area contributed by atoms with E-state index in [9.17, 15) is 4.79 Å². The number of aromatic nitrogens is 1. The number of hydrogen-bond donors (Lipinski definition) is 0. The fraction of sp³-hybridized carbons (Fsp3) is 0.143. The summed E-state index contributed by atoms with van der Waals surface area (Å²) < 4.78 is 11.3. The molecule has 0 saturated heterocycles. The van der Waals surface area contributed by atoms with Gasteiger partial charge in [0.2, 0.25) is 5.88 Å². The maximum atomic E-state index is 11.6. The molecule has 1 aromatic heterocycles. The van der Waals surface area contributed by atoms with Crippen LogP contribution >= 0.6 is 15.9 Å². The Labute approximate surface area is 119 Å². The van der Waals surface area contributed by atoms with Gasteiger partial charge in [-0.15, -0.1) is 0 Å². The molecule has 5 heteroatoms. The third-order valence-corrected chi connectivity index (χ3v) is 3.03. The second-order valence-corrected chi connectivity index (χ2v) is 4.78. The second-order valence-electron chi connectivity index (χ2n) is 3.86. The monoisotopic (exact) mass is 321 g/mol. The van der Waals surface area contributed by atoms with Gasteiger partial charge in [0.25, 0.3) is 0 Å². The highest BCUT2D eigenvalue weighted by molar-refractivity contribution is 9.10. The molecule has 98 valence electrons. The van der Waals surface area contributed by atoms with Gasteiger partial charge in [-0.25, -0.2) is 9.78 Å². The zero-order valence-corrected chi connectivity index (χ0v) is 12.1. The van der Waals surface area contributed by atoms with Crippen LogP contribution in [0.25, 0.3) is 0 Å². The van der Waals surface area contributed by atoms with Gasteiger partial charge in [-0.2, -0.15) is 0 Å². The standard InChI is InChI=1S/C14H12BrNO3/c1-9-5-6-10(15)8-12(9)19-13-11(14(17)18-2)4-3-7-16-13/h3-8H,1-2H3. The predicted octanol–water partition coefficient (Wildman–Crippen LogP) is 3.73. The van der Waals surface area contributed by atoms with Crippen molar-refractivity contribution in [3.8, 4) is 11.6 Å². The molecule has 0 unspecified atom stereocenters. The minimum absolute atomic E-state index is 0.232. The number of esters is 1. The highest BCUT2D eigenvalue weighted by atomic mass is 79.9. The number of rotatable bonds is 3. The lowest BCUT2D eigenvalue weighted by Gasteiger charge is -2.10. The van der Waals surface area contributed by atoms with E-state index < -0.39 is 5.97 Å². The Morgan fingerprint density at radius 2 is 2.11 bits per heavy atom. The molecule has 0 aliphatic carbocycles. The van der Waals surface area contributed by atoms with Crippen LogP contribution in [-0.2, 0) is 4.74 Å². The number of ether oxygens (including phenoxy) is 2. The summed E-state index contributed by atoms with van der Waals surface area (Å²) in [5, 5.41) is 0. The van der Waals surface area contributed by atoms with Gasteiger partial charge in [-0.3, -0.25) is 0 Å². The first-order chi connectivity index (χ1) is 9.11. The highest BCUT2D eigenvalue weighted by Crippen LogP contribution is 2.29. The van der Waals surface area contributed by atoms with Crippen LogP contribution in [0.15, 0.2) is 41.0 Å². The molecule has 2 aromatic rings. The molecule has 0 atom stereocenters. The zero-order valence-electron chi connectivity index (χ0n) is 10.5. The molecule has 1 aromatic carbocycles. The van der Waals surface area contributed by atoms with E-state index in [-0.39, 0.29) is 5.88 Å². The van der Waals surface area contributed by atoms with E-state index in [0.29, 0.717) is 11.3 Å². The van der Waals surface area contributed by atoms with Crippen molar-refractivity contribution < 1.29 is 14.3 Å². The van der Waals surface area contributed by atoms with Crippen LogP contribution in [0.4, 0.5) is 0 Å². The zero-order chi connectivity index (χ0) is 13.8. The van der Waals surface area contributed by atoms with Gasteiger partial charge in [0.05, 0.1) is 7.11 Å². The fourth-order valence-corrected chi connectivity index (χ4v) is 1.87. The summed E-state index contributed by atoms with van der Waals surface area (Å²) in [6.45, 7) is 1.92. The Balaban J connectivity index is 2.38. The molecule has 19 heavy (non-hydrogen) atoms. The van der Waals surface area contributed by atoms with Crippen molar-refractivity contribution in [3.63, 3.8) is 0 Å². The number of hydrogen-bond acceptors (Lipinski definition) is 4. The summed E-state index contributed by atoms with van der Waals surface area (Å²) in [7, 11) is 1.32. The normalized spacial score (nSPS) is 10.1. The van der Waals surface area contributed by atoms with Crippen molar-refractivity contribution in [2.24, 2.45) is 0 Å². The Kier molecular flexibility index (Phi) is 4.16. The van der Waals surface area contributed by atoms with E-state index in [2.05, 4.69) is 20.9 Å². The van der Waals surface area contributed by atoms with Crippen LogP contribution in [-0.4, -0.2) is 18.1 Å². The van der Waals surface area contributed by atoms with Crippen molar-refractivity contribution in [1.82, 2.24) is 4.98 Å². The number of carbonyl (C=O) groups excluding carboxylic acids is 1. The topological polar surface area (TPSA) is 48.4 Å². The summed E-state index contributed by atoms with van der Waals surface area (Å²) in [6.07, 6.45) is 1.56. The number of methoxy groups -OCH3 is 1. The summed E-state index contributed by atoms with van der Waals surface area (Å²) in [6, 6.07) is 8.93. The van der Waals surface area contributed by atoms with E-state index in [1.165, 1.54) is 7.11 Å². The highest BCUT2D eigenvalue weighted by Gasteiger charge is 2.15. The van der Waals surface area contributed by atoms with Gasteiger partial charge in [0.15, 0.2) is 0 Å². The number of carbonyl (C=O) groups is 1. The summed E-state index contributed by atoms with van der Waals surface area (Å²) in [4.78, 5) is 15.7. The van der Waals surface area contributed by atoms with E-state index in [1.54, 1.807) is 18.3 Å². The summed E-state index contributed by atoms with van der Waals surface area (Å²) in [5.74, 6) is 0.393. The number of aryl methyl sites for hydroxylation is 1. The Morgan fingerprint density at radius 1 is 1.32 bits per heavy atom. The maximum absolute atomic E-state index is 11.6. The average Bonchev–Trinajstić information content (AvgIpc) is 2.42. The third kappa shape index (κ3) is 3.12. The van der Waals surface area contributed by atoms with Crippen molar-refractivity contribution in [2.75, 3.05) is 7.11 Å². The maximum Gasteiger partial charge on any atom is 0.343 e. The van der Waals surface area contributed by atoms with Crippen molar-refractivity contribution >= 4 is 21.9 Å². The first-order valence-corrected chi connectivity index (χ1v) is 6.38. The van der Waals surface area contributed by atoms with Crippen LogP contribution in [0.2, 0.25) is 0 Å². The average molecular weight is 322 g/mol. The molecule has 0 bridgehead atoms. The first kappa shape index (κ1) is 13.5. The Bertz CT molecular complexity index is 613. The molecular formula is C14H12BrNO3. The molecule has 0 amide bonds. The molecule has 2 rings (SSSR count). The largest absolute Gasteiger partial charge is 0.465 e. The van der Waals surface area contributed by atoms with Gasteiger partial charge < -0.3 is 9.47 Å². The SMILES string of the molecule is COC(=O)c1cccnc1Oc1cc(Br)ccc1C. The quantitative estimate of drug-likeness (QED) is 0.808. The molecule has 0 spiro atoms. The van der Waals surface area contributed by atoms with Crippen molar-refractivity contribution in [3.05, 3.63) is 52.1 Å². The molecule has 0 saturated carbocycles. The number of benzene rings is 1. The van der Waals surface area contributed by atoms with Gasteiger partial charge in [0, 0.05) is 10.7 Å². The smallest absolute Gasteiger partial charge is 0.343 e. The van der Waals surface area contributed by atoms with Crippen LogP contribution in [0.1, 0.15) is 15.9 Å². The molecular weight excluding hydrogens is 310 g/mol. The molecule has 0 aliphatic heterocycles. The summed E-state index contributed by atoms with van der Waals surface area (Å²) >= 11 is 3.38. The lowest BCUT2D eigenvalue weighted by atomic mass is 10.2. The Hall–Kier alpha value is -1.88. The fourth-order valence-electron chi connectivity index (χ4n) is 1.53. The number of nitrogens with zero attached hydrogens (tertiary/aromatic N) is 1. The van der Waals surface area contributed by atoms with Crippen LogP contribution in [0, 0.1) is 6.92 Å². The molecule has 4 nitrogen and oxygen atoms in total. The number of halogens is 1. The molecule has 0 fully saturated rings. The van der Waals surface area contributed by atoms with E-state index >= 15 is 0 Å². The van der Waals surface area contributed by atoms with E-state index in [4.69, 9.17) is 9.47 Å². The first-order valence-electron chi connectivity index (χ1n) is 5.59. The van der Waals surface area contributed by atoms with Crippen LogP contribution < -0.4 is 4.74 Å². The minimum Gasteiger partial charge on any atom is -0.465 e. The summed E-state index contributed by atoms with van der Waals surface area (Å²) in [5.41, 5.74) is 1.24. The molecule has 1 heterocycles. The molecule has 0 N–H and O–H groups in total. The predicted molar refractivity (Wildman–Crippen MR) is 74.5 cm³/mol. The van der Waals surface area contributed by atoms with E-state index in [1.807, 2.05) is 25.1 Å². The van der Waals surface area contributed by atoms with Gasteiger partial charge in [-0.05, 0) is 36.8 Å². The van der Waals surface area contributed by atoms with Gasteiger partial charge in [0.1, 0.15) is 11.3 Å². The van der Waals surface area contributed by atoms with Crippen LogP contribution in [0.5, 0.6) is 11.6 Å². The Morgan fingerprint density at radius 3 is 2.84 bits per heavy atom. The number of pyridine rings is 1. The van der Waals surface area contributed by atoms with Crippen molar-refractivity contribution in [2.45, 2.75) is 6.92 Å². The van der Waals surface area contributed by atoms with Crippen LogP contribution in [0.3, 0.4) is 0 Å². The molecule has 0 aliphatic rings. The third-order valence-electron chi connectivity index (χ3n) is 2.53. The van der Waals surface area contributed by atoms with Crippen molar-refractivity contribution in [1.29, 1.82) is 0 Å².